The van der Waals surface area contributed by atoms with Gasteiger partial charge >= 0.3 is 0 Å². The van der Waals surface area contributed by atoms with Gasteiger partial charge in [-0.15, -0.1) is 12.4 Å². The normalized spacial score (nSPS) is 12.4. The lowest BCUT2D eigenvalue weighted by Gasteiger charge is -2.15. The van der Waals surface area contributed by atoms with E-state index in [1.54, 1.807) is 0 Å². The van der Waals surface area contributed by atoms with E-state index in [9.17, 15) is 8.78 Å². The third kappa shape index (κ3) is 3.76. The lowest BCUT2D eigenvalue weighted by molar-refractivity contribution is 0.463. The summed E-state index contributed by atoms with van der Waals surface area (Å²) in [6.45, 7) is 3.94. The maximum Gasteiger partial charge on any atom is 0.130 e. The van der Waals surface area contributed by atoms with Crippen molar-refractivity contribution >= 4 is 12.4 Å². The molecule has 1 unspecified atom stereocenters. The molecular weight excluding hydrogens is 220 g/mol. The minimum absolute atomic E-state index is 0. The third-order valence-corrected chi connectivity index (χ3v) is 2.10. The first-order valence-corrected chi connectivity index (χ1v) is 4.72. The molecule has 86 valence electrons. The molecule has 0 aromatic heterocycles. The summed E-state index contributed by atoms with van der Waals surface area (Å²) in [7, 11) is 0. The van der Waals surface area contributed by atoms with E-state index >= 15 is 0 Å². The fourth-order valence-corrected chi connectivity index (χ4v) is 1.49. The van der Waals surface area contributed by atoms with Gasteiger partial charge < -0.3 is 5.73 Å². The van der Waals surface area contributed by atoms with Gasteiger partial charge in [0.25, 0.3) is 0 Å². The standard InChI is InChI=1S/C11H15F2N.ClH/c1-7(2)6-10(14)11-8(12)4-3-5-9(11)13;/h3-5,7,10H,6,14H2,1-2H3;1H. The molecule has 0 saturated heterocycles. The molecule has 1 aromatic rings. The van der Waals surface area contributed by atoms with Gasteiger partial charge in [-0.1, -0.05) is 19.9 Å². The minimum Gasteiger partial charge on any atom is -0.324 e. The van der Waals surface area contributed by atoms with E-state index in [4.69, 9.17) is 5.73 Å². The van der Waals surface area contributed by atoms with Crippen LogP contribution in [0.3, 0.4) is 0 Å². The number of nitrogens with two attached hydrogens (primary N) is 1. The average Bonchev–Trinajstić information content (AvgIpc) is 2.01. The summed E-state index contributed by atoms with van der Waals surface area (Å²) in [5, 5.41) is 0. The number of hydrogen-bond donors (Lipinski definition) is 1. The first-order chi connectivity index (χ1) is 6.52. The van der Waals surface area contributed by atoms with E-state index in [0.29, 0.717) is 12.3 Å². The van der Waals surface area contributed by atoms with Gasteiger partial charge in [0.05, 0.1) is 0 Å². The molecule has 1 rings (SSSR count). The van der Waals surface area contributed by atoms with Crippen LogP contribution < -0.4 is 5.73 Å². The van der Waals surface area contributed by atoms with Gasteiger partial charge in [-0.3, -0.25) is 0 Å². The summed E-state index contributed by atoms with van der Waals surface area (Å²) in [5.74, 6) is -0.791. The predicted octanol–water partition coefficient (Wildman–Crippen LogP) is 3.43. The van der Waals surface area contributed by atoms with Crippen LogP contribution in [0.4, 0.5) is 8.78 Å². The van der Waals surface area contributed by atoms with Crippen molar-refractivity contribution in [1.82, 2.24) is 0 Å². The molecule has 2 N–H and O–H groups in total. The molecule has 1 atom stereocenters. The van der Waals surface area contributed by atoms with Gasteiger partial charge in [0.1, 0.15) is 11.6 Å². The second kappa shape index (κ2) is 6.03. The quantitative estimate of drug-likeness (QED) is 0.854. The Hall–Kier alpha value is -0.670. The summed E-state index contributed by atoms with van der Waals surface area (Å²) in [4.78, 5) is 0. The Morgan fingerprint density at radius 1 is 1.20 bits per heavy atom. The van der Waals surface area contributed by atoms with Crippen molar-refractivity contribution in [2.24, 2.45) is 11.7 Å². The van der Waals surface area contributed by atoms with Crippen molar-refractivity contribution in [2.75, 3.05) is 0 Å². The Balaban J connectivity index is 0.00000196. The number of rotatable bonds is 3. The van der Waals surface area contributed by atoms with Crippen molar-refractivity contribution in [3.05, 3.63) is 35.4 Å². The molecule has 0 fully saturated rings. The molecule has 0 aliphatic rings. The molecule has 0 aliphatic carbocycles. The fourth-order valence-electron chi connectivity index (χ4n) is 1.49. The molecular formula is C11H16ClF2N. The van der Waals surface area contributed by atoms with Crippen LogP contribution >= 0.6 is 12.4 Å². The maximum atomic E-state index is 13.2. The molecule has 1 aromatic carbocycles. The summed E-state index contributed by atoms with van der Waals surface area (Å²) >= 11 is 0. The highest BCUT2D eigenvalue weighted by Crippen LogP contribution is 2.23. The van der Waals surface area contributed by atoms with Crippen LogP contribution in [-0.4, -0.2) is 0 Å². The predicted molar refractivity (Wildman–Crippen MR) is 60.0 cm³/mol. The van der Waals surface area contributed by atoms with E-state index in [2.05, 4.69) is 0 Å². The van der Waals surface area contributed by atoms with E-state index in [-0.39, 0.29) is 18.0 Å². The molecule has 0 spiro atoms. The summed E-state index contributed by atoms with van der Waals surface area (Å²) in [6, 6.07) is 3.25. The molecule has 15 heavy (non-hydrogen) atoms. The van der Waals surface area contributed by atoms with Crippen LogP contribution in [0.1, 0.15) is 31.9 Å². The van der Waals surface area contributed by atoms with E-state index in [1.807, 2.05) is 13.8 Å². The number of hydrogen-bond acceptors (Lipinski definition) is 1. The average molecular weight is 236 g/mol. The second-order valence-corrected chi connectivity index (χ2v) is 3.87. The van der Waals surface area contributed by atoms with Crippen LogP contribution in [0.2, 0.25) is 0 Å². The van der Waals surface area contributed by atoms with Gasteiger partial charge in [-0.05, 0) is 24.5 Å². The van der Waals surface area contributed by atoms with Crippen LogP contribution in [0.5, 0.6) is 0 Å². The lowest BCUT2D eigenvalue weighted by Crippen LogP contribution is -2.16. The van der Waals surface area contributed by atoms with Crippen molar-refractivity contribution in [3.63, 3.8) is 0 Å². The summed E-state index contributed by atoms with van der Waals surface area (Å²) in [5.41, 5.74) is 5.72. The zero-order valence-electron chi connectivity index (χ0n) is 8.84. The van der Waals surface area contributed by atoms with Crippen molar-refractivity contribution in [3.8, 4) is 0 Å². The van der Waals surface area contributed by atoms with Crippen molar-refractivity contribution < 1.29 is 8.78 Å². The molecule has 0 bridgehead atoms. The first-order valence-electron chi connectivity index (χ1n) is 4.72. The van der Waals surface area contributed by atoms with Gasteiger partial charge in [0, 0.05) is 11.6 Å². The van der Waals surface area contributed by atoms with Crippen molar-refractivity contribution in [2.45, 2.75) is 26.3 Å². The SMILES string of the molecule is CC(C)CC(N)c1c(F)cccc1F.Cl. The lowest BCUT2D eigenvalue weighted by atomic mass is 9.97. The number of benzene rings is 1. The monoisotopic (exact) mass is 235 g/mol. The molecule has 0 amide bonds. The largest absolute Gasteiger partial charge is 0.324 e. The van der Waals surface area contributed by atoms with Gasteiger partial charge in [0.2, 0.25) is 0 Å². The van der Waals surface area contributed by atoms with Gasteiger partial charge in [0.15, 0.2) is 0 Å². The zero-order chi connectivity index (χ0) is 10.7. The fraction of sp³-hybridized carbons (Fsp3) is 0.455. The minimum atomic E-state index is -0.559. The molecule has 0 heterocycles. The van der Waals surface area contributed by atoms with Crippen LogP contribution in [0.15, 0.2) is 18.2 Å². The molecule has 0 radical (unpaired) electrons. The van der Waals surface area contributed by atoms with E-state index < -0.39 is 17.7 Å². The smallest absolute Gasteiger partial charge is 0.130 e. The maximum absolute atomic E-state index is 13.2. The Labute approximate surface area is 95.1 Å². The molecule has 0 saturated carbocycles. The summed E-state index contributed by atoms with van der Waals surface area (Å²) < 4.78 is 26.5. The molecule has 4 heteroatoms. The Morgan fingerprint density at radius 3 is 2.07 bits per heavy atom. The highest BCUT2D eigenvalue weighted by molar-refractivity contribution is 5.85. The Kier molecular flexibility index (Phi) is 5.76. The zero-order valence-corrected chi connectivity index (χ0v) is 9.65. The van der Waals surface area contributed by atoms with E-state index in [0.717, 1.165) is 0 Å². The van der Waals surface area contributed by atoms with Crippen LogP contribution in [0, 0.1) is 17.6 Å². The highest BCUT2D eigenvalue weighted by Gasteiger charge is 2.16. The Bertz CT molecular complexity index is 295. The van der Waals surface area contributed by atoms with Gasteiger partial charge in [-0.25, -0.2) is 8.78 Å². The van der Waals surface area contributed by atoms with Crippen LogP contribution in [-0.2, 0) is 0 Å². The highest BCUT2D eigenvalue weighted by atomic mass is 35.5. The number of halogens is 3. The molecule has 1 nitrogen and oxygen atoms in total. The topological polar surface area (TPSA) is 26.0 Å². The van der Waals surface area contributed by atoms with Crippen LogP contribution in [0.25, 0.3) is 0 Å². The van der Waals surface area contributed by atoms with Gasteiger partial charge in [-0.2, -0.15) is 0 Å². The second-order valence-electron chi connectivity index (χ2n) is 3.87. The Morgan fingerprint density at radius 2 is 1.67 bits per heavy atom. The summed E-state index contributed by atoms with van der Waals surface area (Å²) in [6.07, 6.45) is 0.581. The van der Waals surface area contributed by atoms with Crippen molar-refractivity contribution in [1.29, 1.82) is 0 Å². The third-order valence-electron chi connectivity index (χ3n) is 2.10. The first kappa shape index (κ1) is 14.3. The van der Waals surface area contributed by atoms with E-state index in [1.165, 1.54) is 18.2 Å². The molecule has 0 aliphatic heterocycles.